The number of fused-ring (bicyclic) bond motifs is 3. The number of benzene rings is 2. The van der Waals surface area contributed by atoms with Gasteiger partial charge in [0.25, 0.3) is 5.56 Å². The van der Waals surface area contributed by atoms with Crippen molar-refractivity contribution in [3.63, 3.8) is 0 Å². The van der Waals surface area contributed by atoms with E-state index in [1.807, 2.05) is 36.4 Å². The Morgan fingerprint density at radius 1 is 0.938 bits per heavy atom. The molecule has 1 aliphatic carbocycles. The summed E-state index contributed by atoms with van der Waals surface area (Å²) in [5.41, 5.74) is 3.23. The minimum atomic E-state index is -4.67. The van der Waals surface area contributed by atoms with Gasteiger partial charge in [0.2, 0.25) is 11.8 Å². The fourth-order valence-electron chi connectivity index (χ4n) is 6.66. The van der Waals surface area contributed by atoms with E-state index in [2.05, 4.69) is 58.4 Å². The van der Waals surface area contributed by atoms with Crippen molar-refractivity contribution in [2.75, 3.05) is 71.7 Å². The molecule has 64 heavy (non-hydrogen) atoms. The predicted molar refractivity (Wildman–Crippen MR) is 242 cm³/mol. The van der Waals surface area contributed by atoms with Gasteiger partial charge in [-0.15, -0.1) is 0 Å². The van der Waals surface area contributed by atoms with Gasteiger partial charge in [-0.2, -0.15) is 0 Å². The first-order chi connectivity index (χ1) is 30.6. The molecule has 3 atom stereocenters. The quantitative estimate of drug-likeness (QED) is 0.0402. The number of nitrogens with one attached hydrogen (secondary N) is 4. The van der Waals surface area contributed by atoms with E-state index in [4.69, 9.17) is 33.5 Å². The molecule has 19 nitrogen and oxygen atoms in total. The molecule has 2 aromatic carbocycles. The number of aromatic amines is 1. The predicted octanol–water partition coefficient (Wildman–Crippen LogP) is 3.71. The topological polar surface area (TPSA) is 255 Å². The average Bonchev–Trinajstić information content (AvgIpc) is 3.85. The smallest absolute Gasteiger partial charge is 0.449 e. The van der Waals surface area contributed by atoms with Crippen molar-refractivity contribution in [2.24, 2.45) is 0 Å². The molecule has 350 valence electrons. The molecular formula is C42H56N5O14PS2. The van der Waals surface area contributed by atoms with Gasteiger partial charge < -0.3 is 49.4 Å². The molecule has 22 heteroatoms. The Bertz CT molecular complexity index is 2180. The van der Waals surface area contributed by atoms with Crippen LogP contribution in [0, 0.1) is 0 Å². The molecule has 0 spiro atoms. The average molecular weight is 950 g/mol. The normalized spacial score (nSPS) is 16.6. The molecule has 5 rings (SSSR count). The second-order valence-corrected chi connectivity index (χ2v) is 20.0. The zero-order valence-corrected chi connectivity index (χ0v) is 38.4. The van der Waals surface area contributed by atoms with Crippen molar-refractivity contribution in [3.8, 4) is 11.1 Å². The molecule has 0 radical (unpaired) electrons. The summed E-state index contributed by atoms with van der Waals surface area (Å²) in [5, 5.41) is 8.21. The number of amides is 3. The second kappa shape index (κ2) is 24.9. The van der Waals surface area contributed by atoms with E-state index >= 15 is 0 Å². The molecule has 0 bridgehead atoms. The minimum Gasteiger partial charge on any atom is -0.449 e. The minimum absolute atomic E-state index is 0.0453. The number of nitrogens with zero attached hydrogens (tertiary/aromatic N) is 1. The number of phosphoric acid groups is 1. The van der Waals surface area contributed by atoms with Gasteiger partial charge in [0.05, 0.1) is 51.3 Å². The molecule has 0 saturated carbocycles. The lowest BCUT2D eigenvalue weighted by Gasteiger charge is -2.21. The number of hydrogen-bond acceptors (Lipinski definition) is 14. The SMILES string of the molecule is CC(C)(C)SSCC(NC(=O)OCC1c2ccccc2-c2ccccc21)C(=O)NCCOCCOCCOCC(=O)NC/C=C/c1cn([C@H]2CC[C@@H](COP(=O)(O)O)O2)c(=O)[nH]c1=O. The Hall–Kier alpha value is -4.28. The number of alkyl carbamates (subject to hydrolysis) is 1. The number of carbonyl (C=O) groups excluding carboxylic acids is 3. The maximum Gasteiger partial charge on any atom is 0.469 e. The molecule has 1 fully saturated rings. The van der Waals surface area contributed by atoms with Crippen molar-refractivity contribution < 1.29 is 56.9 Å². The molecule has 1 saturated heterocycles. The zero-order valence-electron chi connectivity index (χ0n) is 35.9. The Balaban J connectivity index is 0.918. The van der Waals surface area contributed by atoms with Crippen LogP contribution in [0.5, 0.6) is 0 Å². The van der Waals surface area contributed by atoms with Gasteiger partial charge in [-0.25, -0.2) is 14.2 Å². The van der Waals surface area contributed by atoms with Crippen LogP contribution in [0.25, 0.3) is 17.2 Å². The summed E-state index contributed by atoms with van der Waals surface area (Å²) in [5.74, 6) is -0.526. The first-order valence-corrected chi connectivity index (χ1v) is 24.5. The summed E-state index contributed by atoms with van der Waals surface area (Å²) in [6.07, 6.45) is 2.92. The molecular weight excluding hydrogens is 894 g/mol. The van der Waals surface area contributed by atoms with Crippen LogP contribution in [0.15, 0.2) is 70.4 Å². The van der Waals surface area contributed by atoms with E-state index < -0.39 is 49.4 Å². The molecule has 1 unspecified atom stereocenters. The lowest BCUT2D eigenvalue weighted by atomic mass is 9.98. The highest BCUT2D eigenvalue weighted by molar-refractivity contribution is 8.77. The zero-order chi connectivity index (χ0) is 46.1. The van der Waals surface area contributed by atoms with Crippen molar-refractivity contribution in [1.82, 2.24) is 25.5 Å². The van der Waals surface area contributed by atoms with E-state index in [1.54, 1.807) is 10.8 Å². The standard InChI is InChI=1S/C42H56N5O14PS2/c1-42(2,3)64-63-27-35(45-41(52)59-25-34-32-12-6-4-10-30(32)31-11-5-7-13-33(31)34)39(50)44-17-18-56-19-20-57-21-22-58-26-36(48)43-16-8-9-28-23-47(40(51)46-38(28)49)37-15-14-29(61-37)24-60-62(53,54)55/h4-13,23,29,34-35,37H,14-22,24-27H2,1-3H3,(H,43,48)(H,44,50)(H,45,52)(H,46,49,51)(H2,53,54,55)/b9-8+/t29-,35?,37+/m0/s1. The Morgan fingerprint density at radius 3 is 2.27 bits per heavy atom. The lowest BCUT2D eigenvalue weighted by molar-refractivity contribution is -0.126. The van der Waals surface area contributed by atoms with Crippen LogP contribution >= 0.6 is 29.4 Å². The van der Waals surface area contributed by atoms with E-state index in [-0.39, 0.29) is 88.1 Å². The van der Waals surface area contributed by atoms with E-state index in [1.165, 1.54) is 33.7 Å². The van der Waals surface area contributed by atoms with Gasteiger partial charge in [-0.05, 0) is 35.1 Å². The highest BCUT2D eigenvalue weighted by Gasteiger charge is 2.31. The number of phosphoric ester groups is 1. The van der Waals surface area contributed by atoms with Crippen LogP contribution in [-0.4, -0.2) is 126 Å². The molecule has 2 aliphatic rings. The third-order valence-corrected chi connectivity index (χ3v) is 13.4. The van der Waals surface area contributed by atoms with Gasteiger partial charge in [-0.1, -0.05) is 103 Å². The monoisotopic (exact) mass is 949 g/mol. The Kier molecular flexibility index (Phi) is 19.7. The highest BCUT2D eigenvalue weighted by atomic mass is 33.1. The van der Waals surface area contributed by atoms with E-state index in [9.17, 15) is 28.5 Å². The molecule has 3 aromatic rings. The number of H-pyrrole nitrogens is 1. The largest absolute Gasteiger partial charge is 0.469 e. The van der Waals surface area contributed by atoms with Crippen LogP contribution in [0.2, 0.25) is 0 Å². The first kappa shape index (κ1) is 50.7. The molecule has 2 heterocycles. The summed E-state index contributed by atoms with van der Waals surface area (Å²) in [4.78, 5) is 83.1. The maximum absolute atomic E-state index is 13.2. The van der Waals surface area contributed by atoms with E-state index in [0.717, 1.165) is 22.3 Å². The molecule has 1 aliphatic heterocycles. The fraction of sp³-hybridized carbons (Fsp3) is 0.500. The molecule has 1 aromatic heterocycles. The highest BCUT2D eigenvalue weighted by Crippen LogP contribution is 2.44. The molecule has 6 N–H and O–H groups in total. The first-order valence-electron chi connectivity index (χ1n) is 20.7. The summed E-state index contributed by atoms with van der Waals surface area (Å²) in [7, 11) is -1.56. The third kappa shape index (κ3) is 16.6. The van der Waals surface area contributed by atoms with Crippen LogP contribution in [0.3, 0.4) is 0 Å². The van der Waals surface area contributed by atoms with Crippen LogP contribution < -0.4 is 27.2 Å². The molecule has 3 amide bonds. The Labute approximate surface area is 378 Å². The van der Waals surface area contributed by atoms with Gasteiger partial charge in [-0.3, -0.25) is 28.5 Å². The van der Waals surface area contributed by atoms with Crippen molar-refractivity contribution >= 4 is 53.4 Å². The Morgan fingerprint density at radius 2 is 1.59 bits per heavy atom. The van der Waals surface area contributed by atoms with Gasteiger partial charge in [0.1, 0.15) is 25.5 Å². The number of carbonyl (C=O) groups is 3. The van der Waals surface area contributed by atoms with Crippen molar-refractivity contribution in [1.29, 1.82) is 0 Å². The number of hydrogen-bond donors (Lipinski definition) is 6. The van der Waals surface area contributed by atoms with Gasteiger partial charge in [0, 0.05) is 35.7 Å². The number of ether oxygens (including phenoxy) is 5. The van der Waals surface area contributed by atoms with Crippen LogP contribution in [0.1, 0.15) is 62.4 Å². The summed E-state index contributed by atoms with van der Waals surface area (Å²) < 4.78 is 44.4. The number of rotatable bonds is 25. The van der Waals surface area contributed by atoms with Gasteiger partial charge >= 0.3 is 19.6 Å². The third-order valence-electron chi connectivity index (χ3n) is 9.55. The summed E-state index contributed by atoms with van der Waals surface area (Å²) in [6.45, 7) is 7.15. The maximum atomic E-state index is 13.2. The van der Waals surface area contributed by atoms with E-state index in [0.29, 0.717) is 18.6 Å². The van der Waals surface area contributed by atoms with Gasteiger partial charge in [0.15, 0.2) is 0 Å². The van der Waals surface area contributed by atoms with Crippen molar-refractivity contribution in [3.05, 3.63) is 98.3 Å². The van der Waals surface area contributed by atoms with Crippen LogP contribution in [-0.2, 0) is 42.4 Å². The summed E-state index contributed by atoms with van der Waals surface area (Å²) in [6, 6.07) is 15.3. The fourth-order valence-corrected chi connectivity index (χ4v) is 9.48. The van der Waals surface area contributed by atoms with Crippen molar-refractivity contribution in [2.45, 2.75) is 62.7 Å². The number of aromatic nitrogens is 2. The lowest BCUT2D eigenvalue weighted by Crippen LogP contribution is -2.49. The summed E-state index contributed by atoms with van der Waals surface area (Å²) >= 11 is 0. The van der Waals surface area contributed by atoms with Crippen LogP contribution in [0.4, 0.5) is 4.79 Å². The second-order valence-electron chi connectivity index (χ2n) is 15.6.